The topological polar surface area (TPSA) is 48.1 Å². The Labute approximate surface area is 214 Å². The van der Waals surface area contributed by atoms with E-state index >= 15 is 0 Å². The van der Waals surface area contributed by atoms with Gasteiger partial charge in [-0.3, -0.25) is 9.69 Å². The summed E-state index contributed by atoms with van der Waals surface area (Å²) in [6.45, 7) is 6.27. The molecule has 0 radical (unpaired) electrons. The monoisotopic (exact) mass is 520 g/mol. The normalized spacial score (nSPS) is 22.4. The van der Waals surface area contributed by atoms with Crippen molar-refractivity contribution in [2.75, 3.05) is 68.8 Å². The van der Waals surface area contributed by atoms with Gasteiger partial charge in [0.15, 0.2) is 0 Å². The predicted molar refractivity (Wildman–Crippen MR) is 133 cm³/mol. The molecule has 3 aliphatic rings. The van der Waals surface area contributed by atoms with Crippen molar-refractivity contribution in [3.63, 3.8) is 0 Å². The molecule has 3 aliphatic heterocycles. The van der Waals surface area contributed by atoms with Crippen LogP contribution in [0.3, 0.4) is 0 Å². The molecule has 1 N–H and O–H groups in total. The molecule has 0 unspecified atom stereocenters. The van der Waals surface area contributed by atoms with Crippen molar-refractivity contribution in [3.05, 3.63) is 59.4 Å². The number of halogens is 4. The van der Waals surface area contributed by atoms with Gasteiger partial charge in [0.25, 0.3) is 0 Å². The van der Waals surface area contributed by atoms with Gasteiger partial charge in [-0.15, -0.1) is 0 Å². The Hall–Kier alpha value is -2.85. The molecule has 2 atom stereocenters. The van der Waals surface area contributed by atoms with Crippen LogP contribution >= 0.6 is 0 Å². The van der Waals surface area contributed by atoms with E-state index < -0.39 is 17.7 Å². The summed E-state index contributed by atoms with van der Waals surface area (Å²) in [5.74, 6) is -0.951. The zero-order valence-corrected chi connectivity index (χ0v) is 20.6. The van der Waals surface area contributed by atoms with Crippen molar-refractivity contribution >= 4 is 17.3 Å². The highest BCUT2D eigenvalue weighted by atomic mass is 19.4. The molecule has 0 aliphatic carbocycles. The summed E-state index contributed by atoms with van der Waals surface area (Å²) in [7, 11) is 0. The van der Waals surface area contributed by atoms with Crippen LogP contribution in [0, 0.1) is 11.7 Å². The molecule has 0 bridgehead atoms. The molecule has 0 aromatic heterocycles. The number of benzene rings is 2. The Morgan fingerprint density at radius 3 is 2.51 bits per heavy atom. The van der Waals surface area contributed by atoms with Crippen molar-refractivity contribution in [1.29, 1.82) is 0 Å². The van der Waals surface area contributed by atoms with Gasteiger partial charge >= 0.3 is 6.18 Å². The number of hydrogen-bond donors (Lipinski definition) is 1. The second-order valence-corrected chi connectivity index (χ2v) is 9.93. The van der Waals surface area contributed by atoms with Gasteiger partial charge < -0.3 is 19.9 Å². The van der Waals surface area contributed by atoms with Crippen LogP contribution < -0.4 is 15.1 Å². The molecular weight excluding hydrogens is 488 g/mol. The van der Waals surface area contributed by atoms with Crippen LogP contribution in [0.2, 0.25) is 0 Å². The van der Waals surface area contributed by atoms with Crippen molar-refractivity contribution in [3.8, 4) is 0 Å². The van der Waals surface area contributed by atoms with Gasteiger partial charge in [-0.05, 0) is 67.4 Å². The van der Waals surface area contributed by atoms with E-state index in [0.29, 0.717) is 31.7 Å². The van der Waals surface area contributed by atoms with Crippen molar-refractivity contribution in [2.45, 2.75) is 25.1 Å². The third kappa shape index (κ3) is 5.85. The number of piperazine rings is 1. The van der Waals surface area contributed by atoms with E-state index in [-0.39, 0.29) is 24.2 Å². The van der Waals surface area contributed by atoms with Crippen LogP contribution in [0.5, 0.6) is 0 Å². The largest absolute Gasteiger partial charge is 0.416 e. The van der Waals surface area contributed by atoms with Crippen molar-refractivity contribution in [2.24, 2.45) is 5.92 Å². The van der Waals surface area contributed by atoms with E-state index in [1.807, 2.05) is 0 Å². The van der Waals surface area contributed by atoms with Gasteiger partial charge in [0.05, 0.1) is 30.7 Å². The highest BCUT2D eigenvalue weighted by Gasteiger charge is 2.42. The Bertz CT molecular complexity index is 1090. The number of carbonyl (C=O) groups excluding carboxylic acids is 1. The van der Waals surface area contributed by atoms with E-state index in [2.05, 4.69) is 20.0 Å². The van der Waals surface area contributed by atoms with E-state index in [0.717, 1.165) is 56.7 Å². The number of carbonyl (C=O) groups is 1. The smallest absolute Gasteiger partial charge is 0.379 e. The van der Waals surface area contributed by atoms with Crippen molar-refractivity contribution < 1.29 is 27.1 Å². The van der Waals surface area contributed by atoms with E-state index in [1.165, 1.54) is 24.3 Å². The number of nitrogens with zero attached hydrogens (tertiary/aromatic N) is 3. The van der Waals surface area contributed by atoms with Crippen LogP contribution in [0.4, 0.5) is 28.9 Å². The van der Waals surface area contributed by atoms with Crippen LogP contribution in [0.25, 0.3) is 0 Å². The molecule has 2 aromatic carbocycles. The van der Waals surface area contributed by atoms with Gasteiger partial charge in [-0.1, -0.05) is 0 Å². The average Bonchev–Trinajstić information content (AvgIpc) is 2.90. The van der Waals surface area contributed by atoms with Crippen LogP contribution in [-0.2, 0) is 22.1 Å². The fourth-order valence-corrected chi connectivity index (χ4v) is 5.66. The molecule has 37 heavy (non-hydrogen) atoms. The van der Waals surface area contributed by atoms with Gasteiger partial charge in [-0.2, -0.15) is 13.2 Å². The number of morpholine rings is 1. The highest BCUT2D eigenvalue weighted by Crippen LogP contribution is 2.40. The lowest BCUT2D eigenvalue weighted by Gasteiger charge is -2.49. The number of amides is 1. The minimum absolute atomic E-state index is 0.138. The number of alkyl halides is 3. The molecule has 0 saturated carbocycles. The number of hydrogen-bond acceptors (Lipinski definition) is 5. The molecule has 1 amide bonds. The number of nitrogens with one attached hydrogen (secondary N) is 1. The molecule has 10 heteroatoms. The Morgan fingerprint density at radius 2 is 1.78 bits per heavy atom. The molecule has 2 fully saturated rings. The quantitative estimate of drug-likeness (QED) is 0.467. The fourth-order valence-electron chi connectivity index (χ4n) is 5.66. The predicted octanol–water partition coefficient (Wildman–Crippen LogP) is 3.55. The van der Waals surface area contributed by atoms with Gasteiger partial charge in [-0.25, -0.2) is 4.39 Å². The van der Waals surface area contributed by atoms with Gasteiger partial charge in [0, 0.05) is 50.6 Å². The second-order valence-electron chi connectivity index (χ2n) is 9.93. The summed E-state index contributed by atoms with van der Waals surface area (Å²) in [6.07, 6.45) is -3.40. The summed E-state index contributed by atoms with van der Waals surface area (Å²) in [4.78, 5) is 19.9. The summed E-state index contributed by atoms with van der Waals surface area (Å²) >= 11 is 0. The number of ether oxygens (including phenoxy) is 1. The lowest BCUT2D eigenvalue weighted by Crippen LogP contribution is -2.61. The Morgan fingerprint density at radius 1 is 1.03 bits per heavy atom. The summed E-state index contributed by atoms with van der Waals surface area (Å²) in [6, 6.07) is 9.91. The third-order valence-electron chi connectivity index (χ3n) is 7.62. The molecule has 200 valence electrons. The Kier molecular flexibility index (Phi) is 7.57. The number of rotatable bonds is 6. The summed E-state index contributed by atoms with van der Waals surface area (Å²) in [5, 5.41) is 3.05. The van der Waals surface area contributed by atoms with E-state index in [9.17, 15) is 22.4 Å². The second kappa shape index (κ2) is 10.9. The molecule has 3 heterocycles. The first-order valence-electron chi connectivity index (χ1n) is 12.8. The number of fused-ring (bicyclic) bond motifs is 3. The van der Waals surface area contributed by atoms with Crippen LogP contribution in [-0.4, -0.2) is 75.9 Å². The minimum atomic E-state index is -4.44. The summed E-state index contributed by atoms with van der Waals surface area (Å²) in [5.41, 5.74) is 1.48. The Balaban J connectivity index is 1.33. The molecular formula is C27H32F4N4O2. The highest BCUT2D eigenvalue weighted by molar-refractivity contribution is 5.82. The average molecular weight is 521 g/mol. The zero-order chi connectivity index (χ0) is 26.0. The third-order valence-corrected chi connectivity index (χ3v) is 7.62. The van der Waals surface area contributed by atoms with Crippen LogP contribution in [0.1, 0.15) is 17.5 Å². The maximum Gasteiger partial charge on any atom is 0.416 e. The molecule has 2 aromatic rings. The number of anilines is 2. The van der Waals surface area contributed by atoms with E-state index in [4.69, 9.17) is 4.74 Å². The first-order valence-corrected chi connectivity index (χ1v) is 12.8. The standard InChI is InChI=1S/C27H32F4N4O2/c28-21-3-5-22(6-4-21)34-10-11-35-24-7-2-20(27(29,30)31)16-19(24)17-23(25(35)18-34)26(36)32-8-1-9-33-12-14-37-15-13-33/h2-7,16,23,25H,1,8-15,17-18H2,(H,32,36)/t23-,25+/m0/s1. The molecule has 0 spiro atoms. The van der Waals surface area contributed by atoms with E-state index in [1.54, 1.807) is 12.1 Å². The molecule has 2 saturated heterocycles. The summed E-state index contributed by atoms with van der Waals surface area (Å²) < 4.78 is 59.1. The molecule has 5 rings (SSSR count). The SMILES string of the molecule is O=C(NCCCN1CCOCC1)[C@H]1Cc2cc(C(F)(F)F)ccc2N2CCN(c3ccc(F)cc3)C[C@H]12. The first kappa shape index (κ1) is 25.8. The van der Waals surface area contributed by atoms with Crippen molar-refractivity contribution in [1.82, 2.24) is 10.2 Å². The lowest BCUT2D eigenvalue weighted by atomic mass is 9.82. The first-order chi connectivity index (χ1) is 17.8. The van der Waals surface area contributed by atoms with Crippen LogP contribution in [0.15, 0.2) is 42.5 Å². The van der Waals surface area contributed by atoms with Gasteiger partial charge in [0.2, 0.25) is 5.91 Å². The van der Waals surface area contributed by atoms with Gasteiger partial charge in [0.1, 0.15) is 5.82 Å². The lowest BCUT2D eigenvalue weighted by molar-refractivity contribution is -0.137. The zero-order valence-electron chi connectivity index (χ0n) is 20.6. The molecule has 6 nitrogen and oxygen atoms in total. The maximum atomic E-state index is 13.5. The minimum Gasteiger partial charge on any atom is -0.379 e. The fraction of sp³-hybridized carbons (Fsp3) is 0.519. The maximum absolute atomic E-state index is 13.5.